The summed E-state index contributed by atoms with van der Waals surface area (Å²) in [4.78, 5) is 0. The molecule has 3 atom stereocenters. The van der Waals surface area contributed by atoms with Gasteiger partial charge in [0.05, 0.1) is 31.6 Å². The lowest BCUT2D eigenvalue weighted by Crippen LogP contribution is -2.43. The fraction of sp³-hybridized carbons (Fsp3) is 0.923. The standard InChI is InChI=1S/C13H27N3O4P/c1-10(2)16(11(3)4)21(19)13(18,8-12(17)9-15)20-7-5-6-14/h10-12,17-18H,5,7-9,15H2,1-4H3/q+1/t12?,13-/m1/s1. The molecule has 0 aliphatic carbocycles. The van der Waals surface area contributed by atoms with Crippen LogP contribution in [-0.4, -0.2) is 51.8 Å². The van der Waals surface area contributed by atoms with Crippen molar-refractivity contribution in [2.45, 2.75) is 64.3 Å². The number of hydrogen-bond donors (Lipinski definition) is 3. The maximum atomic E-state index is 12.8. The number of aliphatic hydroxyl groups is 2. The van der Waals surface area contributed by atoms with Crippen molar-refractivity contribution in [2.75, 3.05) is 13.2 Å². The lowest BCUT2D eigenvalue weighted by Gasteiger charge is -2.27. The average Bonchev–Trinajstić information content (AvgIpc) is 2.37. The van der Waals surface area contributed by atoms with Gasteiger partial charge in [-0.15, -0.1) is 0 Å². The van der Waals surface area contributed by atoms with Crippen LogP contribution in [0.25, 0.3) is 0 Å². The van der Waals surface area contributed by atoms with Crippen LogP contribution in [0.5, 0.6) is 0 Å². The molecule has 0 amide bonds. The molecule has 0 saturated heterocycles. The Hall–Kier alpha value is -0.610. The predicted octanol–water partition coefficient (Wildman–Crippen LogP) is 1.13. The zero-order valence-corrected chi connectivity index (χ0v) is 14.1. The van der Waals surface area contributed by atoms with Gasteiger partial charge in [-0.05, 0) is 32.3 Å². The van der Waals surface area contributed by atoms with Crippen molar-refractivity contribution in [3.8, 4) is 6.07 Å². The number of nitriles is 1. The summed E-state index contributed by atoms with van der Waals surface area (Å²) in [6.45, 7) is 7.32. The van der Waals surface area contributed by atoms with E-state index in [-0.39, 0.29) is 38.1 Å². The number of aliphatic hydroxyl groups excluding tert-OH is 1. The number of hydrogen-bond acceptors (Lipinski definition) is 6. The molecule has 0 aromatic carbocycles. The zero-order valence-electron chi connectivity index (χ0n) is 13.2. The van der Waals surface area contributed by atoms with Gasteiger partial charge in [0.15, 0.2) is 0 Å². The highest BCUT2D eigenvalue weighted by Crippen LogP contribution is 2.47. The first kappa shape index (κ1) is 20.4. The molecule has 0 aliphatic heterocycles. The molecule has 0 spiro atoms. The van der Waals surface area contributed by atoms with Crippen LogP contribution in [0, 0.1) is 11.3 Å². The highest BCUT2D eigenvalue weighted by Gasteiger charge is 2.56. The highest BCUT2D eigenvalue weighted by molar-refractivity contribution is 7.43. The first-order valence-corrected chi connectivity index (χ1v) is 8.27. The molecule has 0 radical (unpaired) electrons. The Morgan fingerprint density at radius 3 is 2.29 bits per heavy atom. The SMILES string of the molecule is CC(C)N(C(C)C)[P+](=O)[C@@](O)(CC(O)CN)OCCC#N. The second-order valence-electron chi connectivity index (χ2n) is 5.43. The van der Waals surface area contributed by atoms with E-state index in [2.05, 4.69) is 0 Å². The first-order valence-electron chi connectivity index (χ1n) is 7.06. The second kappa shape index (κ2) is 9.42. The van der Waals surface area contributed by atoms with Crippen molar-refractivity contribution in [2.24, 2.45) is 5.73 Å². The minimum absolute atomic E-state index is 0.0601. The van der Waals surface area contributed by atoms with Crippen molar-refractivity contribution in [1.82, 2.24) is 4.67 Å². The third kappa shape index (κ3) is 6.35. The van der Waals surface area contributed by atoms with Crippen molar-refractivity contribution >= 4 is 7.95 Å². The summed E-state index contributed by atoms with van der Waals surface area (Å²) in [6, 6.07) is 1.74. The van der Waals surface area contributed by atoms with Gasteiger partial charge in [0.2, 0.25) is 0 Å². The van der Waals surface area contributed by atoms with Gasteiger partial charge in [-0.3, -0.25) is 0 Å². The number of rotatable bonds is 10. The van der Waals surface area contributed by atoms with Gasteiger partial charge < -0.3 is 20.7 Å². The second-order valence-corrected chi connectivity index (χ2v) is 7.14. The van der Waals surface area contributed by atoms with Crippen LogP contribution >= 0.6 is 7.95 Å². The Kier molecular flexibility index (Phi) is 9.14. The van der Waals surface area contributed by atoms with Crippen molar-refractivity contribution in [3.05, 3.63) is 0 Å². The van der Waals surface area contributed by atoms with E-state index in [1.54, 1.807) is 4.67 Å². The molecule has 0 fully saturated rings. The van der Waals surface area contributed by atoms with E-state index in [1.165, 1.54) is 0 Å². The van der Waals surface area contributed by atoms with Gasteiger partial charge in [-0.1, -0.05) is 4.67 Å². The molecule has 7 nitrogen and oxygen atoms in total. The van der Waals surface area contributed by atoms with Crippen LogP contribution in [0.4, 0.5) is 0 Å². The lowest BCUT2D eigenvalue weighted by atomic mass is 10.2. The Morgan fingerprint density at radius 1 is 1.38 bits per heavy atom. The first-order chi connectivity index (χ1) is 9.69. The maximum absolute atomic E-state index is 12.8. The van der Waals surface area contributed by atoms with Crippen LogP contribution in [0.3, 0.4) is 0 Å². The third-order valence-electron chi connectivity index (χ3n) is 2.89. The molecule has 0 rings (SSSR count). The lowest BCUT2D eigenvalue weighted by molar-refractivity contribution is -0.157. The van der Waals surface area contributed by atoms with Crippen LogP contribution in [0.1, 0.15) is 40.5 Å². The minimum atomic E-state index is -2.33. The summed E-state index contributed by atoms with van der Waals surface area (Å²) < 4.78 is 19.7. The van der Waals surface area contributed by atoms with Crippen LogP contribution in [-0.2, 0) is 9.30 Å². The van der Waals surface area contributed by atoms with Gasteiger partial charge >= 0.3 is 13.5 Å². The molecule has 0 aromatic rings. The Balaban J connectivity index is 5.25. The molecule has 21 heavy (non-hydrogen) atoms. The molecule has 0 aromatic heterocycles. The fourth-order valence-corrected chi connectivity index (χ4v) is 3.81. The largest absolute Gasteiger partial charge is 0.502 e. The van der Waals surface area contributed by atoms with E-state index in [9.17, 15) is 14.8 Å². The van der Waals surface area contributed by atoms with E-state index in [1.807, 2.05) is 33.8 Å². The third-order valence-corrected chi connectivity index (χ3v) is 5.14. The van der Waals surface area contributed by atoms with Crippen molar-refractivity contribution in [1.29, 1.82) is 5.26 Å². The molecule has 0 bridgehead atoms. The van der Waals surface area contributed by atoms with E-state index in [4.69, 9.17) is 15.7 Å². The van der Waals surface area contributed by atoms with Gasteiger partial charge in [-0.2, -0.15) is 5.26 Å². The smallest absolute Gasteiger partial charge is 0.391 e. The van der Waals surface area contributed by atoms with Gasteiger partial charge in [-0.25, -0.2) is 0 Å². The molecular weight excluding hydrogens is 293 g/mol. The number of nitrogens with two attached hydrogens (primary N) is 1. The maximum Gasteiger partial charge on any atom is 0.502 e. The summed E-state index contributed by atoms with van der Waals surface area (Å²) in [6.07, 6.45) is -1.23. The molecule has 4 N–H and O–H groups in total. The Labute approximate surface area is 127 Å². The van der Waals surface area contributed by atoms with E-state index in [0.717, 1.165) is 0 Å². The van der Waals surface area contributed by atoms with Gasteiger partial charge in [0.1, 0.15) is 0 Å². The molecule has 0 heterocycles. The Bertz CT molecular complexity index is 365. The molecule has 122 valence electrons. The average molecular weight is 320 g/mol. The van der Waals surface area contributed by atoms with E-state index >= 15 is 0 Å². The zero-order chi connectivity index (χ0) is 16.6. The predicted molar refractivity (Wildman–Crippen MR) is 80.5 cm³/mol. The Morgan fingerprint density at radius 2 is 1.90 bits per heavy atom. The molecule has 0 aliphatic rings. The summed E-state index contributed by atoms with van der Waals surface area (Å²) in [7, 11) is -2.33. The van der Waals surface area contributed by atoms with Crippen molar-refractivity contribution < 1.29 is 19.5 Å². The molecule has 0 saturated carbocycles. The van der Waals surface area contributed by atoms with Gasteiger partial charge in [0.25, 0.3) is 0 Å². The van der Waals surface area contributed by atoms with E-state index < -0.39 is 19.6 Å². The monoisotopic (exact) mass is 320 g/mol. The summed E-state index contributed by atoms with van der Waals surface area (Å²) in [5.74, 6) is 0. The van der Waals surface area contributed by atoms with Gasteiger partial charge in [0, 0.05) is 18.6 Å². The number of ether oxygens (including phenoxy) is 1. The summed E-state index contributed by atoms with van der Waals surface area (Å²) >= 11 is 0. The van der Waals surface area contributed by atoms with Crippen LogP contribution in [0.2, 0.25) is 0 Å². The topological polar surface area (TPSA) is 120 Å². The number of nitrogens with zero attached hydrogens (tertiary/aromatic N) is 2. The van der Waals surface area contributed by atoms with Crippen molar-refractivity contribution in [3.63, 3.8) is 0 Å². The van der Waals surface area contributed by atoms with Crippen LogP contribution in [0.15, 0.2) is 0 Å². The molecule has 2 unspecified atom stereocenters. The summed E-state index contributed by atoms with van der Waals surface area (Å²) in [5.41, 5.74) is 3.32. The minimum Gasteiger partial charge on any atom is -0.391 e. The van der Waals surface area contributed by atoms with E-state index in [0.29, 0.717) is 0 Å². The highest BCUT2D eigenvalue weighted by atomic mass is 31.1. The summed E-state index contributed by atoms with van der Waals surface area (Å²) in [5, 5.41) is 28.8. The fourth-order valence-electron chi connectivity index (χ4n) is 2.04. The molecule has 8 heteroatoms. The quantitative estimate of drug-likeness (QED) is 0.313. The van der Waals surface area contributed by atoms with Crippen LogP contribution < -0.4 is 5.73 Å². The molecular formula is C13H27N3O4P+. The normalized spacial score (nSPS) is 16.9.